The summed E-state index contributed by atoms with van der Waals surface area (Å²) < 4.78 is 71.9. The van der Waals surface area contributed by atoms with E-state index < -0.39 is 15.5 Å². The van der Waals surface area contributed by atoms with E-state index in [-0.39, 0.29) is 38.8 Å². The Kier molecular flexibility index (Phi) is 5.89. The molecule has 0 amide bonds. The van der Waals surface area contributed by atoms with Gasteiger partial charge in [0.2, 0.25) is 6.79 Å². The molecular formula is C16H21F3N4O4S. The maximum Gasteiger partial charge on any atom is 0.511 e. The summed E-state index contributed by atoms with van der Waals surface area (Å²) in [5.74, 6) is 1.84. The molecule has 0 bridgehead atoms. The van der Waals surface area contributed by atoms with E-state index in [1.54, 1.807) is 7.05 Å². The van der Waals surface area contributed by atoms with Crippen LogP contribution in [0, 0.1) is 0 Å². The highest BCUT2D eigenvalue weighted by atomic mass is 32.2. The maximum absolute atomic E-state index is 12.6. The molecular weight excluding hydrogens is 401 g/mol. The van der Waals surface area contributed by atoms with Crippen molar-refractivity contribution in [2.24, 2.45) is 4.99 Å². The lowest BCUT2D eigenvalue weighted by Crippen LogP contribution is -2.51. The van der Waals surface area contributed by atoms with Crippen LogP contribution in [0.25, 0.3) is 0 Å². The van der Waals surface area contributed by atoms with Crippen LogP contribution in [0.3, 0.4) is 0 Å². The Balaban J connectivity index is 1.50. The minimum absolute atomic E-state index is 0.178. The molecule has 2 aliphatic rings. The molecule has 8 nitrogen and oxygen atoms in total. The predicted molar refractivity (Wildman–Crippen MR) is 95.5 cm³/mol. The van der Waals surface area contributed by atoms with Crippen molar-refractivity contribution >= 4 is 16.0 Å². The standard InChI is InChI=1S/C16H21F3N4O4S/c1-20-15(21-9-11-2-3-13-14(8-11)27-10-26-13)22-12-4-6-23(7-5-12)28(24,25)16(17,18)19/h2-3,8,12H,4-7,9-10H2,1H3,(H2,20,21,22). The van der Waals surface area contributed by atoms with E-state index in [9.17, 15) is 21.6 Å². The fraction of sp³-hybridized carbons (Fsp3) is 0.562. The Morgan fingerprint density at radius 3 is 2.57 bits per heavy atom. The van der Waals surface area contributed by atoms with Gasteiger partial charge < -0.3 is 20.1 Å². The van der Waals surface area contributed by atoms with E-state index >= 15 is 0 Å². The molecule has 0 spiro atoms. The third-order valence-corrected chi connectivity index (χ3v) is 6.18. The molecule has 1 fully saturated rings. The predicted octanol–water partition coefficient (Wildman–Crippen LogP) is 1.39. The smallest absolute Gasteiger partial charge is 0.454 e. The largest absolute Gasteiger partial charge is 0.511 e. The number of nitrogens with one attached hydrogen (secondary N) is 2. The van der Waals surface area contributed by atoms with Gasteiger partial charge in [-0.2, -0.15) is 17.5 Å². The zero-order chi connectivity index (χ0) is 20.4. The van der Waals surface area contributed by atoms with Crippen LogP contribution >= 0.6 is 0 Å². The molecule has 0 atom stereocenters. The molecule has 2 heterocycles. The summed E-state index contributed by atoms with van der Waals surface area (Å²) in [5.41, 5.74) is -4.33. The second kappa shape index (κ2) is 8.03. The van der Waals surface area contributed by atoms with Gasteiger partial charge in [-0.25, -0.2) is 8.42 Å². The highest BCUT2D eigenvalue weighted by Crippen LogP contribution is 2.32. The molecule has 0 aliphatic carbocycles. The van der Waals surface area contributed by atoms with Gasteiger partial charge in [-0.1, -0.05) is 6.07 Å². The molecule has 1 aromatic carbocycles. The van der Waals surface area contributed by atoms with Crippen molar-refractivity contribution in [3.63, 3.8) is 0 Å². The van der Waals surface area contributed by atoms with E-state index in [4.69, 9.17) is 9.47 Å². The second-order valence-corrected chi connectivity index (χ2v) is 8.31. The van der Waals surface area contributed by atoms with Crippen LogP contribution in [0.4, 0.5) is 13.2 Å². The lowest BCUT2D eigenvalue weighted by atomic mass is 10.1. The Morgan fingerprint density at radius 2 is 1.93 bits per heavy atom. The van der Waals surface area contributed by atoms with Crippen LogP contribution in [0.1, 0.15) is 18.4 Å². The average molecular weight is 422 g/mol. The van der Waals surface area contributed by atoms with Crippen LogP contribution in [-0.4, -0.2) is 57.2 Å². The van der Waals surface area contributed by atoms with Crippen LogP contribution in [0.5, 0.6) is 11.5 Å². The number of aliphatic imine (C=N–C) groups is 1. The third-order valence-electron chi connectivity index (χ3n) is 4.55. The van der Waals surface area contributed by atoms with Gasteiger partial charge in [0.1, 0.15) is 0 Å². The molecule has 0 unspecified atom stereocenters. The summed E-state index contributed by atoms with van der Waals surface area (Å²) in [6.45, 7) is 0.257. The topological polar surface area (TPSA) is 92.3 Å². The zero-order valence-corrected chi connectivity index (χ0v) is 15.9. The Labute approximate surface area is 160 Å². The summed E-state index contributed by atoms with van der Waals surface area (Å²) in [6, 6.07) is 5.37. The minimum atomic E-state index is -5.27. The van der Waals surface area contributed by atoms with Crippen molar-refractivity contribution < 1.29 is 31.1 Å². The molecule has 2 aliphatic heterocycles. The third kappa shape index (κ3) is 4.43. The van der Waals surface area contributed by atoms with Gasteiger partial charge in [0.25, 0.3) is 0 Å². The number of ether oxygens (including phenoxy) is 2. The fourth-order valence-corrected chi connectivity index (χ4v) is 4.00. The molecule has 0 aromatic heterocycles. The highest BCUT2D eigenvalue weighted by molar-refractivity contribution is 7.90. The van der Waals surface area contributed by atoms with Crippen molar-refractivity contribution in [1.82, 2.24) is 14.9 Å². The van der Waals surface area contributed by atoms with Gasteiger partial charge in [-0.15, -0.1) is 0 Å². The summed E-state index contributed by atoms with van der Waals surface area (Å²) in [6.07, 6.45) is 0.500. The SMILES string of the molecule is CN=C(NCc1ccc2c(c1)OCO2)NC1CCN(S(=O)(=O)C(F)(F)F)CC1. The number of benzene rings is 1. The van der Waals surface area contributed by atoms with Gasteiger partial charge in [0.05, 0.1) is 0 Å². The van der Waals surface area contributed by atoms with Gasteiger partial charge in [0, 0.05) is 32.7 Å². The van der Waals surface area contributed by atoms with E-state index in [1.807, 2.05) is 18.2 Å². The number of nitrogens with zero attached hydrogens (tertiary/aromatic N) is 2. The number of halogens is 3. The first-order chi connectivity index (χ1) is 13.2. The zero-order valence-electron chi connectivity index (χ0n) is 15.1. The first kappa shape index (κ1) is 20.5. The van der Waals surface area contributed by atoms with Crippen molar-refractivity contribution in [1.29, 1.82) is 0 Å². The van der Waals surface area contributed by atoms with E-state index in [0.717, 1.165) is 5.56 Å². The van der Waals surface area contributed by atoms with Crippen molar-refractivity contribution in [3.8, 4) is 11.5 Å². The normalized spacial score (nSPS) is 18.9. The Bertz CT molecular complexity index is 837. The Morgan fingerprint density at radius 1 is 1.25 bits per heavy atom. The number of rotatable bonds is 4. The van der Waals surface area contributed by atoms with Crippen molar-refractivity contribution in [3.05, 3.63) is 23.8 Å². The van der Waals surface area contributed by atoms with Crippen LogP contribution in [0.15, 0.2) is 23.2 Å². The van der Waals surface area contributed by atoms with E-state index in [2.05, 4.69) is 15.6 Å². The molecule has 156 valence electrons. The molecule has 0 saturated carbocycles. The van der Waals surface area contributed by atoms with Gasteiger partial charge in [-0.05, 0) is 30.5 Å². The van der Waals surface area contributed by atoms with Gasteiger partial charge in [0.15, 0.2) is 17.5 Å². The molecule has 0 radical (unpaired) electrons. The number of alkyl halides is 3. The Hall–Kier alpha value is -2.21. The molecule has 2 N–H and O–H groups in total. The second-order valence-electron chi connectivity index (χ2n) is 6.38. The first-order valence-corrected chi connectivity index (χ1v) is 10.1. The quantitative estimate of drug-likeness (QED) is 0.563. The van der Waals surface area contributed by atoms with E-state index in [1.165, 1.54) is 0 Å². The van der Waals surface area contributed by atoms with Crippen LogP contribution < -0.4 is 20.1 Å². The molecule has 28 heavy (non-hydrogen) atoms. The number of fused-ring (bicyclic) bond motifs is 1. The number of sulfonamides is 1. The number of hydrogen-bond donors (Lipinski definition) is 2. The van der Waals surface area contributed by atoms with Gasteiger partial charge in [-0.3, -0.25) is 4.99 Å². The van der Waals surface area contributed by atoms with Crippen LogP contribution in [-0.2, 0) is 16.6 Å². The number of guanidine groups is 1. The molecule has 1 saturated heterocycles. The van der Waals surface area contributed by atoms with Crippen LogP contribution in [0.2, 0.25) is 0 Å². The summed E-state index contributed by atoms with van der Waals surface area (Å²) >= 11 is 0. The molecule has 3 rings (SSSR count). The maximum atomic E-state index is 12.6. The molecule has 1 aromatic rings. The van der Waals surface area contributed by atoms with Crippen molar-refractivity contribution in [2.45, 2.75) is 30.9 Å². The minimum Gasteiger partial charge on any atom is -0.454 e. The summed E-state index contributed by atoms with van der Waals surface area (Å²) in [7, 11) is -3.69. The number of piperidine rings is 1. The lowest BCUT2D eigenvalue weighted by molar-refractivity contribution is -0.0494. The first-order valence-electron chi connectivity index (χ1n) is 8.63. The highest BCUT2D eigenvalue weighted by Gasteiger charge is 2.50. The van der Waals surface area contributed by atoms with Crippen molar-refractivity contribution in [2.75, 3.05) is 26.9 Å². The monoisotopic (exact) mass is 422 g/mol. The fourth-order valence-electron chi connectivity index (χ4n) is 3.01. The van der Waals surface area contributed by atoms with E-state index in [0.29, 0.717) is 28.3 Å². The van der Waals surface area contributed by atoms with Gasteiger partial charge >= 0.3 is 15.5 Å². The average Bonchev–Trinajstić information content (AvgIpc) is 3.12. The summed E-state index contributed by atoms with van der Waals surface area (Å²) in [5, 5.41) is 6.24. The lowest BCUT2D eigenvalue weighted by Gasteiger charge is -2.32. The summed E-state index contributed by atoms with van der Waals surface area (Å²) in [4.78, 5) is 4.10. The number of hydrogen-bond acceptors (Lipinski definition) is 5. The molecule has 12 heteroatoms.